The molecule has 0 aromatic rings. The van der Waals surface area contributed by atoms with Gasteiger partial charge in [-0.05, 0) is 6.92 Å². The molecule has 0 radical (unpaired) electrons. The summed E-state index contributed by atoms with van der Waals surface area (Å²) in [7, 11) is 0. The lowest BCUT2D eigenvalue weighted by atomic mass is 9.96. The lowest BCUT2D eigenvalue weighted by Gasteiger charge is -2.38. The molecule has 0 aromatic heterocycles. The van der Waals surface area contributed by atoms with Crippen molar-refractivity contribution in [2.75, 3.05) is 6.67 Å². The van der Waals surface area contributed by atoms with Crippen LogP contribution in [0.25, 0.3) is 0 Å². The van der Waals surface area contributed by atoms with Crippen LogP contribution in [0.3, 0.4) is 0 Å². The van der Waals surface area contributed by atoms with Crippen LogP contribution in [0.1, 0.15) is 6.92 Å². The van der Waals surface area contributed by atoms with Crippen LogP contribution in [0.4, 0.5) is 4.39 Å². The first kappa shape index (κ1) is 9.85. The van der Waals surface area contributed by atoms with E-state index in [-0.39, 0.29) is 0 Å². The predicted octanol–water partition coefficient (Wildman–Crippen LogP) is -1.17. The summed E-state index contributed by atoms with van der Waals surface area (Å²) in [6, 6.07) is 0. The minimum absolute atomic E-state index is 0.649. The van der Waals surface area contributed by atoms with Gasteiger partial charge in [-0.2, -0.15) is 0 Å². The van der Waals surface area contributed by atoms with Gasteiger partial charge in [-0.3, -0.25) is 0 Å². The Morgan fingerprint density at radius 3 is 2.25 bits per heavy atom. The number of alkyl halides is 1. The van der Waals surface area contributed by atoms with Gasteiger partial charge < -0.3 is 20.1 Å². The average Bonchev–Trinajstić information content (AvgIpc) is 2.08. The fourth-order valence-electron chi connectivity index (χ4n) is 1.26. The molecule has 0 aromatic carbocycles. The average molecular weight is 180 g/mol. The molecule has 0 aliphatic carbocycles. The summed E-state index contributed by atoms with van der Waals surface area (Å²) in [5.41, 5.74) is 0. The number of halogens is 1. The third kappa shape index (κ3) is 1.59. The molecule has 2 unspecified atom stereocenters. The van der Waals surface area contributed by atoms with Crippen molar-refractivity contribution in [2.24, 2.45) is 0 Å². The lowest BCUT2D eigenvalue weighted by Crippen LogP contribution is -2.57. The van der Waals surface area contributed by atoms with E-state index in [1.165, 1.54) is 6.92 Å². The van der Waals surface area contributed by atoms with E-state index >= 15 is 0 Å². The molecule has 72 valence electrons. The molecule has 4 nitrogen and oxygen atoms in total. The first-order chi connectivity index (χ1) is 5.57. The van der Waals surface area contributed by atoms with Crippen molar-refractivity contribution in [1.29, 1.82) is 0 Å². The Morgan fingerprint density at radius 1 is 1.17 bits per heavy atom. The highest BCUT2D eigenvalue weighted by molar-refractivity contribution is 4.90. The van der Waals surface area contributed by atoms with Crippen molar-refractivity contribution in [3.8, 4) is 0 Å². The Morgan fingerprint density at radius 2 is 1.75 bits per heavy atom. The molecule has 1 saturated heterocycles. The molecule has 0 bridgehead atoms. The summed E-state index contributed by atoms with van der Waals surface area (Å²) < 4.78 is 17.0. The van der Waals surface area contributed by atoms with E-state index in [0.29, 0.717) is 0 Å². The highest BCUT2D eigenvalue weighted by atomic mass is 19.1. The van der Waals surface area contributed by atoms with Crippen LogP contribution in [-0.2, 0) is 4.74 Å². The Balaban J connectivity index is 2.63. The Kier molecular flexibility index (Phi) is 3.00. The molecule has 3 N–H and O–H groups in total. The molecule has 0 amide bonds. The van der Waals surface area contributed by atoms with E-state index in [0.717, 1.165) is 0 Å². The normalized spacial score (nSPS) is 49.2. The van der Waals surface area contributed by atoms with Crippen LogP contribution >= 0.6 is 0 Å². The molecule has 0 spiro atoms. The van der Waals surface area contributed by atoms with Crippen LogP contribution < -0.4 is 0 Å². The summed E-state index contributed by atoms with van der Waals surface area (Å²) in [5.74, 6) is 0. The van der Waals surface area contributed by atoms with Crippen LogP contribution in [0.5, 0.6) is 0 Å². The molecular formula is C7H13FO4. The van der Waals surface area contributed by atoms with E-state index < -0.39 is 37.2 Å². The zero-order valence-corrected chi connectivity index (χ0v) is 6.72. The van der Waals surface area contributed by atoms with Gasteiger partial charge in [0.2, 0.25) is 0 Å². The van der Waals surface area contributed by atoms with Gasteiger partial charge in [-0.25, -0.2) is 4.39 Å². The lowest BCUT2D eigenvalue weighted by molar-refractivity contribution is -0.219. The van der Waals surface area contributed by atoms with E-state index in [1.54, 1.807) is 0 Å². The maximum atomic E-state index is 12.1. The van der Waals surface area contributed by atoms with Gasteiger partial charge in [-0.1, -0.05) is 0 Å². The van der Waals surface area contributed by atoms with Crippen LogP contribution in [0.2, 0.25) is 0 Å². The zero-order chi connectivity index (χ0) is 9.30. The molecule has 1 aliphatic rings. The van der Waals surface area contributed by atoms with Crippen LogP contribution in [-0.4, -0.2) is 52.5 Å². The number of ether oxygens (including phenoxy) is 1. The van der Waals surface area contributed by atoms with Gasteiger partial charge in [0, 0.05) is 0 Å². The zero-order valence-electron chi connectivity index (χ0n) is 6.72. The van der Waals surface area contributed by atoms with Crippen LogP contribution in [0.15, 0.2) is 0 Å². The monoisotopic (exact) mass is 180 g/mol. The summed E-state index contributed by atoms with van der Waals surface area (Å²) >= 11 is 0. The molecule has 1 fully saturated rings. The number of aliphatic hydroxyl groups is 3. The molecule has 12 heavy (non-hydrogen) atoms. The van der Waals surface area contributed by atoms with Gasteiger partial charge in [-0.15, -0.1) is 0 Å². The van der Waals surface area contributed by atoms with E-state index in [1.807, 2.05) is 0 Å². The smallest absolute Gasteiger partial charge is 0.118 e. The number of hydrogen-bond acceptors (Lipinski definition) is 4. The van der Waals surface area contributed by atoms with Gasteiger partial charge in [0.05, 0.1) is 6.10 Å². The highest BCUT2D eigenvalue weighted by Crippen LogP contribution is 2.20. The summed E-state index contributed by atoms with van der Waals surface area (Å²) in [4.78, 5) is 0. The van der Waals surface area contributed by atoms with Gasteiger partial charge >= 0.3 is 0 Å². The molecule has 1 heterocycles. The van der Waals surface area contributed by atoms with Gasteiger partial charge in [0.25, 0.3) is 0 Å². The maximum absolute atomic E-state index is 12.1. The summed E-state index contributed by atoms with van der Waals surface area (Å²) in [6.07, 6.45) is -5.50. The fourth-order valence-corrected chi connectivity index (χ4v) is 1.26. The van der Waals surface area contributed by atoms with Crippen molar-refractivity contribution in [3.63, 3.8) is 0 Å². The summed E-state index contributed by atoms with van der Waals surface area (Å²) in [6.45, 7) is 0.651. The van der Waals surface area contributed by atoms with Gasteiger partial charge in [0.1, 0.15) is 31.1 Å². The number of rotatable bonds is 1. The molecular weight excluding hydrogens is 167 g/mol. The Labute approximate surface area is 69.6 Å². The van der Waals surface area contributed by atoms with Crippen molar-refractivity contribution in [1.82, 2.24) is 0 Å². The molecule has 1 rings (SSSR count). The highest BCUT2D eigenvalue weighted by Gasteiger charge is 2.41. The standard InChI is InChI=1S/C7H13FO4/c1-3-5(9)7(11)6(10)4(2-8)12-3/h3-7,9-11H,2H2,1H3/t3?,4?,5-,6+,7+/m0/s1. The number of hydrogen-bond donors (Lipinski definition) is 3. The van der Waals surface area contributed by atoms with E-state index in [9.17, 15) is 14.6 Å². The quantitative estimate of drug-likeness (QED) is 0.475. The molecule has 5 heteroatoms. The molecule has 0 saturated carbocycles. The Hall–Kier alpha value is -0.230. The van der Waals surface area contributed by atoms with E-state index in [2.05, 4.69) is 0 Å². The SMILES string of the molecule is CC1OC(CF)[C@@H](O)[C@H](O)[C@H]1O. The van der Waals surface area contributed by atoms with Crippen molar-refractivity contribution in [2.45, 2.75) is 37.4 Å². The Bertz CT molecular complexity index is 150. The minimum Gasteiger partial charge on any atom is -0.388 e. The maximum Gasteiger partial charge on any atom is 0.118 e. The largest absolute Gasteiger partial charge is 0.388 e. The second-order valence-corrected chi connectivity index (χ2v) is 3.01. The molecule has 5 atom stereocenters. The summed E-state index contributed by atoms with van der Waals surface area (Å²) in [5, 5.41) is 27.5. The topological polar surface area (TPSA) is 69.9 Å². The first-order valence-corrected chi connectivity index (χ1v) is 3.83. The number of aliphatic hydroxyl groups excluding tert-OH is 3. The van der Waals surface area contributed by atoms with Crippen molar-refractivity contribution in [3.05, 3.63) is 0 Å². The fraction of sp³-hybridized carbons (Fsp3) is 1.00. The van der Waals surface area contributed by atoms with E-state index in [4.69, 9.17) is 9.84 Å². The first-order valence-electron chi connectivity index (χ1n) is 3.83. The third-order valence-electron chi connectivity index (χ3n) is 2.10. The third-order valence-corrected chi connectivity index (χ3v) is 2.10. The van der Waals surface area contributed by atoms with Crippen molar-refractivity contribution >= 4 is 0 Å². The second kappa shape index (κ2) is 3.66. The van der Waals surface area contributed by atoms with Gasteiger partial charge in [0.15, 0.2) is 0 Å². The van der Waals surface area contributed by atoms with Crippen LogP contribution in [0, 0.1) is 0 Å². The molecule has 1 aliphatic heterocycles. The minimum atomic E-state index is -1.35. The predicted molar refractivity (Wildman–Crippen MR) is 38.3 cm³/mol. The second-order valence-electron chi connectivity index (χ2n) is 3.01. The van der Waals surface area contributed by atoms with Crippen molar-refractivity contribution < 1.29 is 24.4 Å².